The molecule has 2 aromatic heterocycles. The molecule has 1 N–H and O–H groups in total. The lowest BCUT2D eigenvalue weighted by molar-refractivity contribution is 0.0297. The van der Waals surface area contributed by atoms with Gasteiger partial charge in [-0.05, 0) is 25.2 Å². The lowest BCUT2D eigenvalue weighted by atomic mass is 9.91. The number of amides is 1. The second-order valence-corrected chi connectivity index (χ2v) is 10.5. The number of hydrogen-bond acceptors (Lipinski definition) is 6. The van der Waals surface area contributed by atoms with E-state index in [-0.39, 0.29) is 5.91 Å². The normalized spacial score (nSPS) is 18.3. The fourth-order valence-electron chi connectivity index (χ4n) is 4.81. The fourth-order valence-corrected chi connectivity index (χ4v) is 5.57. The van der Waals surface area contributed by atoms with Gasteiger partial charge in [0.1, 0.15) is 5.01 Å². The molecular weight excluding hydrogens is 446 g/mol. The van der Waals surface area contributed by atoms with E-state index in [1.54, 1.807) is 11.3 Å². The molecule has 0 spiro atoms. The molecule has 1 fully saturated rings. The van der Waals surface area contributed by atoms with E-state index >= 15 is 0 Å². The van der Waals surface area contributed by atoms with Crippen LogP contribution in [0.2, 0.25) is 0 Å². The summed E-state index contributed by atoms with van der Waals surface area (Å²) in [4.78, 5) is 20.1. The summed E-state index contributed by atoms with van der Waals surface area (Å²) in [5, 5.41) is 11.8. The lowest BCUT2D eigenvalue weighted by Gasteiger charge is -2.27. The summed E-state index contributed by atoms with van der Waals surface area (Å²) in [7, 11) is 0. The van der Waals surface area contributed by atoms with Crippen LogP contribution < -0.4 is 5.32 Å². The molecule has 3 heterocycles. The molecule has 0 saturated carbocycles. The van der Waals surface area contributed by atoms with Crippen LogP contribution in [-0.4, -0.2) is 57.9 Å². The van der Waals surface area contributed by atoms with E-state index < -0.39 is 0 Å². The number of carbonyl (C=O) groups is 1. The number of nitrogens with zero attached hydrogens (tertiary/aromatic N) is 4. The molecule has 1 aliphatic carbocycles. The highest BCUT2D eigenvalue weighted by Crippen LogP contribution is 2.28. The second-order valence-electron chi connectivity index (χ2n) is 9.57. The molecule has 7 nitrogen and oxygen atoms in total. The average molecular weight is 480 g/mol. The van der Waals surface area contributed by atoms with Crippen molar-refractivity contribution in [2.45, 2.75) is 52.2 Å². The summed E-state index contributed by atoms with van der Waals surface area (Å²) in [5.41, 5.74) is 5.19. The summed E-state index contributed by atoms with van der Waals surface area (Å²) in [6, 6.07) is 10.6. The topological polar surface area (TPSA) is 72.3 Å². The maximum atomic E-state index is 13.4. The maximum Gasteiger partial charge on any atom is 0.274 e. The van der Waals surface area contributed by atoms with Gasteiger partial charge < -0.3 is 15.0 Å². The Morgan fingerprint density at radius 3 is 2.79 bits per heavy atom. The van der Waals surface area contributed by atoms with Gasteiger partial charge in [0.15, 0.2) is 5.69 Å². The molecule has 0 radical (unpaired) electrons. The Hall–Kier alpha value is -2.55. The number of carbonyl (C=O) groups excluding carboxylic acids is 1. The maximum absolute atomic E-state index is 13.4. The number of morpholine rings is 1. The molecule has 2 aliphatic rings. The molecular formula is C26H33N5O2S. The van der Waals surface area contributed by atoms with Crippen LogP contribution in [0.4, 0.5) is 0 Å². The number of nitrogens with one attached hydrogen (secondary N) is 1. The van der Waals surface area contributed by atoms with Crippen LogP contribution in [0.15, 0.2) is 35.7 Å². The fraction of sp³-hybridized carbons (Fsp3) is 0.500. The molecule has 1 aliphatic heterocycles. The highest BCUT2D eigenvalue weighted by molar-refractivity contribution is 7.09. The van der Waals surface area contributed by atoms with Gasteiger partial charge in [0.2, 0.25) is 0 Å². The van der Waals surface area contributed by atoms with Crippen molar-refractivity contribution in [3.63, 3.8) is 0 Å². The summed E-state index contributed by atoms with van der Waals surface area (Å²) in [6.07, 6.45) is 2.81. The quantitative estimate of drug-likeness (QED) is 0.558. The van der Waals surface area contributed by atoms with E-state index in [4.69, 9.17) is 14.8 Å². The standard InChI is InChI=1S/C26H33N5O2S/c1-18(2)16-31-23-9-8-20(14-21(23)25(29-31)26(32)30-10-12-33-13-11-30)27-15-24-28-22(17-34-24)19-6-4-3-5-7-19/h3-7,17-18,20,27H,8-16H2,1-2H3/t20-/m1/s1. The number of ether oxygens (including phenoxy) is 1. The third kappa shape index (κ3) is 5.09. The minimum absolute atomic E-state index is 0.0510. The molecule has 180 valence electrons. The third-order valence-electron chi connectivity index (χ3n) is 6.55. The summed E-state index contributed by atoms with van der Waals surface area (Å²) < 4.78 is 7.54. The molecule has 1 saturated heterocycles. The Morgan fingerprint density at radius 1 is 1.24 bits per heavy atom. The van der Waals surface area contributed by atoms with Gasteiger partial charge in [0.05, 0.1) is 18.9 Å². The Balaban J connectivity index is 1.30. The van der Waals surface area contributed by atoms with Gasteiger partial charge in [-0.25, -0.2) is 4.98 Å². The first-order chi connectivity index (χ1) is 16.6. The predicted molar refractivity (Wildman–Crippen MR) is 134 cm³/mol. The van der Waals surface area contributed by atoms with E-state index in [9.17, 15) is 4.79 Å². The Bertz CT molecular complexity index is 1120. The van der Waals surface area contributed by atoms with Crippen molar-refractivity contribution in [1.82, 2.24) is 25.0 Å². The van der Waals surface area contributed by atoms with Gasteiger partial charge in [-0.1, -0.05) is 44.2 Å². The number of fused-ring (bicyclic) bond motifs is 1. The monoisotopic (exact) mass is 479 g/mol. The van der Waals surface area contributed by atoms with Crippen LogP contribution >= 0.6 is 11.3 Å². The molecule has 3 aromatic rings. The van der Waals surface area contributed by atoms with Crippen molar-refractivity contribution in [1.29, 1.82) is 0 Å². The van der Waals surface area contributed by atoms with Crippen molar-refractivity contribution >= 4 is 17.2 Å². The zero-order valence-electron chi connectivity index (χ0n) is 20.0. The first kappa shape index (κ1) is 23.2. The molecule has 0 unspecified atom stereocenters. The first-order valence-corrected chi connectivity index (χ1v) is 13.1. The van der Waals surface area contributed by atoms with Gasteiger partial charge in [-0.15, -0.1) is 11.3 Å². The Morgan fingerprint density at radius 2 is 2.03 bits per heavy atom. The second kappa shape index (κ2) is 10.4. The zero-order valence-corrected chi connectivity index (χ0v) is 20.8. The van der Waals surface area contributed by atoms with Crippen LogP contribution in [0.5, 0.6) is 0 Å². The predicted octanol–water partition coefficient (Wildman–Crippen LogP) is 3.78. The van der Waals surface area contributed by atoms with Crippen molar-refractivity contribution in [3.8, 4) is 11.3 Å². The Labute approximate surface area is 205 Å². The molecule has 34 heavy (non-hydrogen) atoms. The van der Waals surface area contributed by atoms with E-state index in [2.05, 4.69) is 41.4 Å². The number of rotatable bonds is 7. The molecule has 0 bridgehead atoms. The van der Waals surface area contributed by atoms with Crippen LogP contribution in [0, 0.1) is 5.92 Å². The smallest absolute Gasteiger partial charge is 0.274 e. The summed E-state index contributed by atoms with van der Waals surface area (Å²) in [5.74, 6) is 0.532. The molecule has 1 aromatic carbocycles. The largest absolute Gasteiger partial charge is 0.378 e. The van der Waals surface area contributed by atoms with E-state index in [1.807, 2.05) is 23.1 Å². The highest BCUT2D eigenvalue weighted by Gasteiger charge is 2.31. The van der Waals surface area contributed by atoms with E-state index in [0.29, 0.717) is 44.0 Å². The number of hydrogen-bond donors (Lipinski definition) is 1. The number of thiazole rings is 1. The minimum Gasteiger partial charge on any atom is -0.378 e. The molecule has 1 amide bonds. The van der Waals surface area contributed by atoms with Crippen LogP contribution in [0.3, 0.4) is 0 Å². The molecule has 1 atom stereocenters. The van der Waals surface area contributed by atoms with Crippen molar-refractivity contribution in [3.05, 3.63) is 57.7 Å². The number of aromatic nitrogens is 3. The van der Waals surface area contributed by atoms with Crippen molar-refractivity contribution in [2.24, 2.45) is 5.92 Å². The van der Waals surface area contributed by atoms with Crippen LogP contribution in [-0.2, 0) is 30.7 Å². The minimum atomic E-state index is 0.0510. The molecule has 5 rings (SSSR count). The zero-order chi connectivity index (χ0) is 23.5. The van der Waals surface area contributed by atoms with Crippen molar-refractivity contribution in [2.75, 3.05) is 26.3 Å². The van der Waals surface area contributed by atoms with Crippen molar-refractivity contribution < 1.29 is 9.53 Å². The van der Waals surface area contributed by atoms with Gasteiger partial charge in [0.25, 0.3) is 5.91 Å². The van der Waals surface area contributed by atoms with Crippen LogP contribution in [0.1, 0.15) is 47.0 Å². The third-order valence-corrected chi connectivity index (χ3v) is 7.40. The molecule has 8 heteroatoms. The van der Waals surface area contributed by atoms with Gasteiger partial charge in [-0.3, -0.25) is 9.48 Å². The Kier molecular flexibility index (Phi) is 7.08. The first-order valence-electron chi connectivity index (χ1n) is 12.3. The average Bonchev–Trinajstić information content (AvgIpc) is 3.48. The number of benzene rings is 1. The van der Waals surface area contributed by atoms with Gasteiger partial charge in [-0.2, -0.15) is 5.10 Å². The van der Waals surface area contributed by atoms with Crippen LogP contribution in [0.25, 0.3) is 11.3 Å². The SMILES string of the molecule is CC(C)Cn1nc(C(=O)N2CCOCC2)c2c1CC[C@@H](NCc1nc(-c3ccccc3)cs1)C2. The summed E-state index contributed by atoms with van der Waals surface area (Å²) in [6.45, 7) is 8.46. The van der Waals surface area contributed by atoms with E-state index in [0.717, 1.165) is 54.2 Å². The van der Waals surface area contributed by atoms with Gasteiger partial charge >= 0.3 is 0 Å². The van der Waals surface area contributed by atoms with E-state index in [1.165, 1.54) is 5.69 Å². The summed E-state index contributed by atoms with van der Waals surface area (Å²) >= 11 is 1.69. The van der Waals surface area contributed by atoms with Gasteiger partial charge in [0, 0.05) is 54.4 Å². The highest BCUT2D eigenvalue weighted by atomic mass is 32.1. The lowest BCUT2D eigenvalue weighted by Crippen LogP contribution is -2.41.